The summed E-state index contributed by atoms with van der Waals surface area (Å²) in [7, 11) is 0. The number of halogens is 1. The fourth-order valence-electron chi connectivity index (χ4n) is 4.00. The van der Waals surface area contributed by atoms with Crippen LogP contribution < -0.4 is 9.80 Å². The van der Waals surface area contributed by atoms with Crippen molar-refractivity contribution in [3.05, 3.63) is 64.9 Å². The molecule has 0 amide bonds. The Morgan fingerprint density at radius 1 is 1.04 bits per heavy atom. The van der Waals surface area contributed by atoms with E-state index in [2.05, 4.69) is 28.1 Å². The number of aryl methyl sites for hydroxylation is 1. The van der Waals surface area contributed by atoms with E-state index in [1.54, 1.807) is 4.90 Å². The van der Waals surface area contributed by atoms with Crippen molar-refractivity contribution < 1.29 is 9.32 Å². The Balaban J connectivity index is 1.39. The highest BCUT2D eigenvalue weighted by Gasteiger charge is 2.25. The predicted molar refractivity (Wildman–Crippen MR) is 112 cm³/mol. The van der Waals surface area contributed by atoms with Gasteiger partial charge in [0.2, 0.25) is 0 Å². The maximum atomic E-state index is 6.14. The predicted octanol–water partition coefficient (Wildman–Crippen LogP) is 3.24. The van der Waals surface area contributed by atoms with Gasteiger partial charge in [0.05, 0.1) is 26.2 Å². The lowest BCUT2D eigenvalue weighted by atomic mass is 10.2. The number of para-hydroxylation sites is 1. The topological polar surface area (TPSA) is 46.6 Å². The van der Waals surface area contributed by atoms with Crippen LogP contribution in [0, 0.1) is 6.92 Å². The number of hydrogen-bond donors (Lipinski definition) is 1. The first-order chi connectivity index (χ1) is 13.7. The summed E-state index contributed by atoms with van der Waals surface area (Å²) >= 11 is 6.00. The molecule has 0 radical (unpaired) electrons. The monoisotopic (exact) mass is 393 g/mol. The molecule has 6 heteroatoms. The number of piperazine rings is 1. The van der Waals surface area contributed by atoms with Gasteiger partial charge in [-0.2, -0.15) is 0 Å². The van der Waals surface area contributed by atoms with Crippen LogP contribution in [-0.2, 0) is 6.54 Å². The molecule has 0 saturated carbocycles. The molecular weight excluding hydrogens is 372 g/mol. The second-order valence-electron chi connectivity index (χ2n) is 7.41. The number of hydrogen-bond acceptors (Lipinski definition) is 4. The maximum absolute atomic E-state index is 6.14. The van der Waals surface area contributed by atoms with E-state index in [0.717, 1.165) is 71.5 Å². The molecule has 2 aromatic carbocycles. The Kier molecular flexibility index (Phi) is 4.41. The van der Waals surface area contributed by atoms with E-state index in [-0.39, 0.29) is 0 Å². The third-order valence-corrected chi connectivity index (χ3v) is 5.70. The van der Waals surface area contributed by atoms with Crippen molar-refractivity contribution >= 4 is 39.5 Å². The number of furan rings is 1. The lowest BCUT2D eigenvalue weighted by molar-refractivity contribution is -0.914. The number of fused-ring (bicyclic) bond motifs is 3. The van der Waals surface area contributed by atoms with Crippen molar-refractivity contribution in [3.8, 4) is 0 Å². The number of anilines is 1. The van der Waals surface area contributed by atoms with Crippen LogP contribution in [0.4, 0.5) is 5.82 Å². The zero-order valence-corrected chi connectivity index (χ0v) is 16.5. The summed E-state index contributed by atoms with van der Waals surface area (Å²) in [5.74, 6) is 1.70. The smallest absolute Gasteiger partial charge is 0.196 e. The molecule has 0 spiro atoms. The minimum absolute atomic E-state index is 0.782. The van der Waals surface area contributed by atoms with Crippen molar-refractivity contribution in [2.75, 3.05) is 31.1 Å². The average Bonchev–Trinajstić information content (AvgIpc) is 3.08. The molecule has 28 heavy (non-hydrogen) atoms. The fraction of sp³-hybridized carbons (Fsp3) is 0.273. The average molecular weight is 394 g/mol. The number of quaternary nitrogens is 1. The summed E-state index contributed by atoms with van der Waals surface area (Å²) in [5.41, 5.74) is 3.90. The van der Waals surface area contributed by atoms with Crippen LogP contribution in [0.25, 0.3) is 22.1 Å². The van der Waals surface area contributed by atoms with Gasteiger partial charge in [-0.1, -0.05) is 35.9 Å². The van der Waals surface area contributed by atoms with Gasteiger partial charge in [0, 0.05) is 16.0 Å². The maximum Gasteiger partial charge on any atom is 0.196 e. The molecule has 5 rings (SSSR count). The first-order valence-corrected chi connectivity index (χ1v) is 10.0. The molecular formula is C22H22ClN4O+. The summed E-state index contributed by atoms with van der Waals surface area (Å²) in [4.78, 5) is 13.3. The molecule has 4 aromatic rings. The minimum atomic E-state index is 0.782. The number of nitrogens with zero attached hydrogens (tertiary/aromatic N) is 3. The van der Waals surface area contributed by atoms with Crippen LogP contribution in [0.2, 0.25) is 5.02 Å². The quantitative estimate of drug-likeness (QED) is 0.580. The second kappa shape index (κ2) is 7.08. The molecule has 0 bridgehead atoms. The molecule has 1 aliphatic heterocycles. The van der Waals surface area contributed by atoms with Gasteiger partial charge in [0.25, 0.3) is 0 Å². The first kappa shape index (κ1) is 17.5. The van der Waals surface area contributed by atoms with Gasteiger partial charge in [0.15, 0.2) is 11.4 Å². The van der Waals surface area contributed by atoms with Gasteiger partial charge in [-0.15, -0.1) is 0 Å². The van der Waals surface area contributed by atoms with Crippen molar-refractivity contribution in [2.45, 2.75) is 13.5 Å². The van der Waals surface area contributed by atoms with Gasteiger partial charge in [-0.3, -0.25) is 0 Å². The summed E-state index contributed by atoms with van der Waals surface area (Å²) in [6, 6.07) is 16.2. The van der Waals surface area contributed by atoms with Gasteiger partial charge < -0.3 is 14.2 Å². The molecule has 0 aliphatic carbocycles. The van der Waals surface area contributed by atoms with E-state index in [0.29, 0.717) is 0 Å². The third kappa shape index (κ3) is 3.21. The van der Waals surface area contributed by atoms with Crippen molar-refractivity contribution in [1.29, 1.82) is 0 Å². The van der Waals surface area contributed by atoms with E-state index in [9.17, 15) is 0 Å². The lowest BCUT2D eigenvalue weighted by Crippen LogP contribution is -3.13. The molecule has 1 fully saturated rings. The molecule has 5 nitrogen and oxygen atoms in total. The highest BCUT2D eigenvalue weighted by molar-refractivity contribution is 6.30. The Morgan fingerprint density at radius 3 is 2.57 bits per heavy atom. The van der Waals surface area contributed by atoms with Crippen LogP contribution in [0.15, 0.2) is 52.9 Å². The summed E-state index contributed by atoms with van der Waals surface area (Å²) < 4.78 is 6.14. The number of rotatable bonds is 3. The summed E-state index contributed by atoms with van der Waals surface area (Å²) in [6.45, 7) is 7.00. The Hall–Kier alpha value is -2.63. The fourth-order valence-corrected chi connectivity index (χ4v) is 4.13. The van der Waals surface area contributed by atoms with Crippen LogP contribution in [-0.4, -0.2) is 36.1 Å². The van der Waals surface area contributed by atoms with E-state index in [1.807, 2.05) is 37.3 Å². The number of nitrogens with one attached hydrogen (secondary N) is 1. The van der Waals surface area contributed by atoms with Crippen molar-refractivity contribution in [1.82, 2.24) is 9.97 Å². The van der Waals surface area contributed by atoms with Crippen LogP contribution in [0.5, 0.6) is 0 Å². The van der Waals surface area contributed by atoms with Gasteiger partial charge in [-0.05, 0) is 31.2 Å². The van der Waals surface area contributed by atoms with Gasteiger partial charge in [-0.25, -0.2) is 9.97 Å². The van der Waals surface area contributed by atoms with Gasteiger partial charge >= 0.3 is 0 Å². The third-order valence-electron chi connectivity index (χ3n) is 5.45. The first-order valence-electron chi connectivity index (χ1n) is 9.66. The molecule has 3 heterocycles. The molecule has 0 atom stereocenters. The number of aromatic nitrogens is 2. The molecule has 1 saturated heterocycles. The Labute approximate surface area is 168 Å². The number of benzene rings is 2. The standard InChI is InChI=1S/C22H21ClN4O/c1-15-24-20-18-4-2-3-5-19(18)28-21(20)22(25-15)27-12-10-26(11-13-27)14-16-6-8-17(23)9-7-16/h2-9H,10-14H2,1H3/p+1. The van der Waals surface area contributed by atoms with Crippen LogP contribution in [0.3, 0.4) is 0 Å². The molecule has 1 N–H and O–H groups in total. The Morgan fingerprint density at radius 2 is 1.79 bits per heavy atom. The minimum Gasteiger partial charge on any atom is -0.450 e. The normalized spacial score (nSPS) is 15.6. The van der Waals surface area contributed by atoms with Crippen molar-refractivity contribution in [2.24, 2.45) is 0 Å². The zero-order valence-electron chi connectivity index (χ0n) is 15.8. The largest absolute Gasteiger partial charge is 0.450 e. The van der Waals surface area contributed by atoms with E-state index >= 15 is 0 Å². The Bertz CT molecular complexity index is 1130. The highest BCUT2D eigenvalue weighted by Crippen LogP contribution is 2.32. The highest BCUT2D eigenvalue weighted by atomic mass is 35.5. The summed E-state index contributed by atoms with van der Waals surface area (Å²) in [5, 5.41) is 1.84. The van der Waals surface area contributed by atoms with Crippen molar-refractivity contribution in [3.63, 3.8) is 0 Å². The van der Waals surface area contributed by atoms with Crippen LogP contribution >= 0.6 is 11.6 Å². The lowest BCUT2D eigenvalue weighted by Gasteiger charge is -2.33. The van der Waals surface area contributed by atoms with E-state index < -0.39 is 0 Å². The zero-order chi connectivity index (χ0) is 19.1. The molecule has 1 aliphatic rings. The van der Waals surface area contributed by atoms with Crippen LogP contribution in [0.1, 0.15) is 11.4 Å². The summed E-state index contributed by atoms with van der Waals surface area (Å²) in [6.07, 6.45) is 0. The van der Waals surface area contributed by atoms with Gasteiger partial charge in [0.1, 0.15) is 23.5 Å². The second-order valence-corrected chi connectivity index (χ2v) is 7.85. The molecule has 0 unspecified atom stereocenters. The van der Waals surface area contributed by atoms with E-state index in [1.165, 1.54) is 5.56 Å². The molecule has 142 valence electrons. The molecule has 2 aromatic heterocycles. The SMILES string of the molecule is Cc1nc(N2CC[NH+](Cc3ccc(Cl)cc3)CC2)c2oc3ccccc3c2n1. The van der Waals surface area contributed by atoms with E-state index in [4.69, 9.17) is 21.0 Å².